The van der Waals surface area contributed by atoms with Crippen LogP contribution in [0, 0.1) is 11.8 Å². The molecule has 0 saturated heterocycles. The topological polar surface area (TPSA) is 39.9 Å². The lowest BCUT2D eigenvalue weighted by atomic mass is 10.2. The fraction of sp³-hybridized carbons (Fsp3) is 0.0476. The van der Waals surface area contributed by atoms with Crippen molar-refractivity contribution in [1.29, 1.82) is 0 Å². The largest absolute Gasteiger partial charge is 0.472 e. The maximum atomic E-state index is 14.3. The van der Waals surface area contributed by atoms with E-state index in [0.717, 1.165) is 5.56 Å². The average molecular weight is 363 g/mol. The van der Waals surface area contributed by atoms with Crippen LogP contribution in [0.15, 0.2) is 79.0 Å². The van der Waals surface area contributed by atoms with Crippen LogP contribution >= 0.6 is 0 Å². The number of rotatable bonds is 5. The van der Waals surface area contributed by atoms with Gasteiger partial charge in [0, 0.05) is 17.8 Å². The highest BCUT2D eigenvalue weighted by Gasteiger charge is 2.16. The highest BCUT2D eigenvalue weighted by Crippen LogP contribution is 2.28. The van der Waals surface area contributed by atoms with Crippen LogP contribution in [0.5, 0.6) is 5.88 Å². The lowest BCUT2D eigenvalue weighted by molar-refractivity contribution is 0.292. The van der Waals surface area contributed by atoms with E-state index in [0.29, 0.717) is 23.7 Å². The molecule has 0 spiro atoms. The molecule has 4 rings (SSSR count). The lowest BCUT2D eigenvalue weighted by Gasteiger charge is -2.08. The van der Waals surface area contributed by atoms with Gasteiger partial charge in [0.1, 0.15) is 18.1 Å². The molecule has 2 heterocycles. The van der Waals surface area contributed by atoms with Gasteiger partial charge in [-0.3, -0.25) is 0 Å². The smallest absolute Gasteiger partial charge is 0.234 e. The normalized spacial score (nSPS) is 10.7. The zero-order chi connectivity index (χ0) is 18.6. The number of ether oxygens (including phenoxy) is 1. The predicted octanol–water partition coefficient (Wildman–Crippen LogP) is 4.79. The van der Waals surface area contributed by atoms with E-state index in [4.69, 9.17) is 4.74 Å². The third-order valence-electron chi connectivity index (χ3n) is 4.02. The molecule has 0 aliphatic rings. The number of aromatic nitrogens is 3. The number of para-hydroxylation sites is 1. The molecular formula is C21H15F2N3O. The monoisotopic (exact) mass is 363 g/mol. The first-order valence-corrected chi connectivity index (χ1v) is 8.34. The van der Waals surface area contributed by atoms with Crippen LogP contribution in [-0.4, -0.2) is 14.8 Å². The number of benzene rings is 2. The fourth-order valence-electron chi connectivity index (χ4n) is 2.70. The fourth-order valence-corrected chi connectivity index (χ4v) is 2.70. The first kappa shape index (κ1) is 16.9. The summed E-state index contributed by atoms with van der Waals surface area (Å²) in [5, 5.41) is 4.39. The molecule has 0 aliphatic heterocycles. The molecule has 0 radical (unpaired) electrons. The maximum absolute atomic E-state index is 14.3. The number of hydrogen-bond donors (Lipinski definition) is 0. The first-order chi connectivity index (χ1) is 13.2. The summed E-state index contributed by atoms with van der Waals surface area (Å²) in [6, 6.07) is 20.5. The Morgan fingerprint density at radius 2 is 1.67 bits per heavy atom. The van der Waals surface area contributed by atoms with Crippen LogP contribution in [0.3, 0.4) is 0 Å². The second kappa shape index (κ2) is 7.37. The van der Waals surface area contributed by atoms with E-state index in [1.54, 1.807) is 30.3 Å². The molecule has 0 atom stereocenters. The molecule has 2 aromatic carbocycles. The van der Waals surface area contributed by atoms with Crippen LogP contribution in [-0.2, 0) is 6.61 Å². The molecule has 27 heavy (non-hydrogen) atoms. The molecule has 0 N–H and O–H groups in total. The zero-order valence-corrected chi connectivity index (χ0v) is 14.2. The van der Waals surface area contributed by atoms with Gasteiger partial charge in [-0.1, -0.05) is 42.5 Å². The van der Waals surface area contributed by atoms with Gasteiger partial charge in [-0.25, -0.2) is 14.1 Å². The van der Waals surface area contributed by atoms with Crippen LogP contribution < -0.4 is 4.74 Å². The number of pyridine rings is 1. The minimum atomic E-state index is -0.587. The zero-order valence-electron chi connectivity index (χ0n) is 14.2. The predicted molar refractivity (Wildman–Crippen MR) is 97.5 cm³/mol. The molecule has 0 unspecified atom stereocenters. The highest BCUT2D eigenvalue weighted by molar-refractivity contribution is 5.62. The van der Waals surface area contributed by atoms with E-state index in [-0.39, 0.29) is 5.69 Å². The Hall–Kier alpha value is -3.54. The van der Waals surface area contributed by atoms with Crippen molar-refractivity contribution >= 4 is 0 Å². The van der Waals surface area contributed by atoms with E-state index in [9.17, 15) is 8.78 Å². The number of nitrogens with zero attached hydrogens (tertiary/aromatic N) is 3. The summed E-state index contributed by atoms with van der Waals surface area (Å²) >= 11 is 0. The number of halogens is 2. The standard InChI is InChI=1S/C21H15F2N3O/c22-17-8-4-5-9-18(17)26-19(16-10-11-20(23)24-13-16)12-21(25-26)27-14-15-6-2-1-3-7-15/h1-13H,14H2. The van der Waals surface area contributed by atoms with Crippen molar-refractivity contribution in [2.24, 2.45) is 0 Å². The van der Waals surface area contributed by atoms with Crippen molar-refractivity contribution < 1.29 is 13.5 Å². The molecule has 4 aromatic rings. The van der Waals surface area contributed by atoms with Crippen molar-refractivity contribution in [2.45, 2.75) is 6.61 Å². The Morgan fingerprint density at radius 3 is 2.41 bits per heavy atom. The summed E-state index contributed by atoms with van der Waals surface area (Å²) in [5.74, 6) is -0.677. The molecular weight excluding hydrogens is 348 g/mol. The van der Waals surface area contributed by atoms with E-state index in [2.05, 4.69) is 10.1 Å². The Bertz CT molecular complexity index is 1050. The van der Waals surface area contributed by atoms with Crippen molar-refractivity contribution in [1.82, 2.24) is 14.8 Å². The van der Waals surface area contributed by atoms with Gasteiger partial charge in [0.25, 0.3) is 0 Å². The van der Waals surface area contributed by atoms with Crippen LogP contribution in [0.4, 0.5) is 8.78 Å². The van der Waals surface area contributed by atoms with Crippen molar-refractivity contribution in [3.8, 4) is 22.8 Å². The Morgan fingerprint density at radius 1 is 0.889 bits per heavy atom. The van der Waals surface area contributed by atoms with Crippen LogP contribution in [0.25, 0.3) is 16.9 Å². The second-order valence-corrected chi connectivity index (χ2v) is 5.87. The third kappa shape index (κ3) is 3.69. The van der Waals surface area contributed by atoms with Crippen molar-refractivity contribution in [3.63, 3.8) is 0 Å². The molecule has 0 aliphatic carbocycles. The lowest BCUT2D eigenvalue weighted by Crippen LogP contribution is -2.03. The molecule has 6 heteroatoms. The van der Waals surface area contributed by atoms with Crippen LogP contribution in [0.2, 0.25) is 0 Å². The number of hydrogen-bond acceptors (Lipinski definition) is 3. The highest BCUT2D eigenvalue weighted by atomic mass is 19.1. The second-order valence-electron chi connectivity index (χ2n) is 5.87. The van der Waals surface area contributed by atoms with Gasteiger partial charge in [0.15, 0.2) is 0 Å². The van der Waals surface area contributed by atoms with Gasteiger partial charge in [0.2, 0.25) is 11.8 Å². The Labute approximate surface area is 154 Å². The van der Waals surface area contributed by atoms with Gasteiger partial charge in [0.05, 0.1) is 5.69 Å². The SMILES string of the molecule is Fc1ccc(-c2cc(OCc3ccccc3)nn2-c2ccccc2F)cn1. The summed E-state index contributed by atoms with van der Waals surface area (Å²) in [6.07, 6.45) is 1.38. The minimum Gasteiger partial charge on any atom is -0.472 e. The molecule has 0 fully saturated rings. The molecule has 4 nitrogen and oxygen atoms in total. The Balaban J connectivity index is 1.73. The van der Waals surface area contributed by atoms with Crippen molar-refractivity contribution in [2.75, 3.05) is 0 Å². The van der Waals surface area contributed by atoms with Gasteiger partial charge in [-0.15, -0.1) is 5.10 Å². The van der Waals surface area contributed by atoms with Crippen LogP contribution in [0.1, 0.15) is 5.56 Å². The average Bonchev–Trinajstić information content (AvgIpc) is 3.12. The van der Waals surface area contributed by atoms with Gasteiger partial charge in [-0.2, -0.15) is 4.39 Å². The van der Waals surface area contributed by atoms with E-state index in [1.165, 1.54) is 23.0 Å². The first-order valence-electron chi connectivity index (χ1n) is 8.34. The molecule has 0 bridgehead atoms. The molecule has 0 amide bonds. The minimum absolute atomic E-state index is 0.270. The summed E-state index contributed by atoms with van der Waals surface area (Å²) in [5.41, 5.74) is 2.41. The molecule has 0 saturated carbocycles. The van der Waals surface area contributed by atoms with Gasteiger partial charge in [-0.05, 0) is 29.8 Å². The van der Waals surface area contributed by atoms with E-state index >= 15 is 0 Å². The van der Waals surface area contributed by atoms with Crippen molar-refractivity contribution in [3.05, 3.63) is 96.3 Å². The quantitative estimate of drug-likeness (QED) is 0.479. The maximum Gasteiger partial charge on any atom is 0.234 e. The van der Waals surface area contributed by atoms with Gasteiger partial charge >= 0.3 is 0 Å². The summed E-state index contributed by atoms with van der Waals surface area (Å²) in [7, 11) is 0. The van der Waals surface area contributed by atoms with Gasteiger partial charge < -0.3 is 4.74 Å². The van der Waals surface area contributed by atoms with E-state index in [1.807, 2.05) is 30.3 Å². The summed E-state index contributed by atoms with van der Waals surface area (Å²) < 4.78 is 34.7. The van der Waals surface area contributed by atoms with E-state index < -0.39 is 11.8 Å². The summed E-state index contributed by atoms with van der Waals surface area (Å²) in [6.45, 7) is 0.330. The third-order valence-corrected chi connectivity index (χ3v) is 4.02. The summed E-state index contributed by atoms with van der Waals surface area (Å²) in [4.78, 5) is 3.67. The molecule has 134 valence electrons. The Kier molecular flexibility index (Phi) is 4.61. The molecule has 2 aromatic heterocycles.